The molecule has 0 aliphatic heterocycles. The molecule has 0 aliphatic carbocycles. The summed E-state index contributed by atoms with van der Waals surface area (Å²) in [6, 6.07) is 3.58. The molecule has 0 saturated carbocycles. The van der Waals surface area contributed by atoms with Gasteiger partial charge in [-0.3, -0.25) is 9.59 Å². The van der Waals surface area contributed by atoms with Gasteiger partial charge < -0.3 is 10.1 Å². The van der Waals surface area contributed by atoms with Gasteiger partial charge in [0.2, 0.25) is 0 Å². The van der Waals surface area contributed by atoms with Crippen LogP contribution in [0.4, 0.5) is 4.39 Å². The quantitative estimate of drug-likeness (QED) is 0.847. The summed E-state index contributed by atoms with van der Waals surface area (Å²) in [5, 5.41) is 2.60. The number of hydrogen-bond acceptors (Lipinski definition) is 3. The molecule has 0 aromatic heterocycles. The first-order chi connectivity index (χ1) is 8.99. The number of ether oxygens (including phenoxy) is 1. The lowest BCUT2D eigenvalue weighted by Gasteiger charge is -2.16. The third kappa shape index (κ3) is 4.21. The second-order valence-electron chi connectivity index (χ2n) is 3.96. The standard InChI is InChI=1S/C13H15ClFNO3/c1-3-8(7-11(17)19-2)16-13(18)12-9(14)5-4-6-10(12)15/h4-6,8H,3,7H2,1-2H3,(H,16,18). The number of rotatable bonds is 5. The fourth-order valence-corrected chi connectivity index (χ4v) is 1.80. The summed E-state index contributed by atoms with van der Waals surface area (Å²) in [4.78, 5) is 23.1. The Labute approximate surface area is 115 Å². The van der Waals surface area contributed by atoms with Gasteiger partial charge in [-0.2, -0.15) is 0 Å². The van der Waals surface area contributed by atoms with Gasteiger partial charge in [-0.05, 0) is 18.6 Å². The highest BCUT2D eigenvalue weighted by atomic mass is 35.5. The van der Waals surface area contributed by atoms with E-state index >= 15 is 0 Å². The second-order valence-corrected chi connectivity index (χ2v) is 4.36. The fourth-order valence-electron chi connectivity index (χ4n) is 1.55. The maximum Gasteiger partial charge on any atom is 0.307 e. The molecule has 1 aromatic rings. The number of carbonyl (C=O) groups is 2. The highest BCUT2D eigenvalue weighted by Crippen LogP contribution is 2.19. The van der Waals surface area contributed by atoms with Crippen LogP contribution in [0.25, 0.3) is 0 Å². The fraction of sp³-hybridized carbons (Fsp3) is 0.385. The number of halogens is 2. The molecule has 1 amide bonds. The molecule has 6 heteroatoms. The SMILES string of the molecule is CCC(CC(=O)OC)NC(=O)c1c(F)cccc1Cl. The van der Waals surface area contributed by atoms with Crippen molar-refractivity contribution in [3.05, 3.63) is 34.6 Å². The lowest BCUT2D eigenvalue weighted by atomic mass is 10.1. The summed E-state index contributed by atoms with van der Waals surface area (Å²) in [5.74, 6) is -1.77. The van der Waals surface area contributed by atoms with Crippen molar-refractivity contribution in [2.45, 2.75) is 25.8 Å². The van der Waals surface area contributed by atoms with E-state index in [1.54, 1.807) is 6.92 Å². The zero-order chi connectivity index (χ0) is 14.4. The lowest BCUT2D eigenvalue weighted by molar-refractivity contribution is -0.141. The summed E-state index contributed by atoms with van der Waals surface area (Å²) in [7, 11) is 1.27. The minimum Gasteiger partial charge on any atom is -0.469 e. The predicted octanol–water partition coefficient (Wildman–Crippen LogP) is 2.55. The molecule has 0 aliphatic rings. The first-order valence-corrected chi connectivity index (χ1v) is 6.19. The van der Waals surface area contributed by atoms with Crippen LogP contribution >= 0.6 is 11.6 Å². The smallest absolute Gasteiger partial charge is 0.307 e. The topological polar surface area (TPSA) is 55.4 Å². The van der Waals surface area contributed by atoms with Crippen LogP contribution in [0.15, 0.2) is 18.2 Å². The van der Waals surface area contributed by atoms with Crippen LogP contribution in [0.3, 0.4) is 0 Å². The van der Waals surface area contributed by atoms with Gasteiger partial charge in [0.05, 0.1) is 24.1 Å². The van der Waals surface area contributed by atoms with Crippen LogP contribution < -0.4 is 5.32 Å². The summed E-state index contributed by atoms with van der Waals surface area (Å²) in [5.41, 5.74) is -0.215. The molecule has 0 heterocycles. The van der Waals surface area contributed by atoms with Crippen molar-refractivity contribution in [3.8, 4) is 0 Å². The Morgan fingerprint density at radius 1 is 1.47 bits per heavy atom. The van der Waals surface area contributed by atoms with Crippen molar-refractivity contribution >= 4 is 23.5 Å². The van der Waals surface area contributed by atoms with E-state index in [-0.39, 0.29) is 17.0 Å². The zero-order valence-corrected chi connectivity index (χ0v) is 11.5. The molecule has 4 nitrogen and oxygen atoms in total. The molecule has 1 aromatic carbocycles. The van der Waals surface area contributed by atoms with E-state index in [0.29, 0.717) is 6.42 Å². The maximum atomic E-state index is 13.5. The molecule has 1 unspecified atom stereocenters. The Balaban J connectivity index is 2.80. The van der Waals surface area contributed by atoms with E-state index in [4.69, 9.17) is 11.6 Å². The Hall–Kier alpha value is -1.62. The maximum absolute atomic E-state index is 13.5. The van der Waals surface area contributed by atoms with Gasteiger partial charge in [-0.15, -0.1) is 0 Å². The van der Waals surface area contributed by atoms with Gasteiger partial charge in [0.15, 0.2) is 0 Å². The molecule has 0 bridgehead atoms. The van der Waals surface area contributed by atoms with E-state index in [9.17, 15) is 14.0 Å². The van der Waals surface area contributed by atoms with Crippen molar-refractivity contribution in [3.63, 3.8) is 0 Å². The summed E-state index contributed by atoms with van der Waals surface area (Å²) >= 11 is 5.79. The highest BCUT2D eigenvalue weighted by Gasteiger charge is 2.20. The third-order valence-electron chi connectivity index (χ3n) is 2.66. The molecule has 1 rings (SSSR count). The number of carbonyl (C=O) groups excluding carboxylic acids is 2. The van der Waals surface area contributed by atoms with E-state index in [0.717, 1.165) is 6.07 Å². The zero-order valence-electron chi connectivity index (χ0n) is 10.7. The molecule has 0 fully saturated rings. The molecule has 1 atom stereocenters. The van der Waals surface area contributed by atoms with E-state index in [1.807, 2.05) is 0 Å². The molecular formula is C13H15ClFNO3. The minimum atomic E-state index is -0.696. The Kier molecular flexibility index (Phi) is 5.76. The van der Waals surface area contributed by atoms with Gasteiger partial charge >= 0.3 is 5.97 Å². The Bertz CT molecular complexity index is 459. The van der Waals surface area contributed by atoms with Gasteiger partial charge in [0.1, 0.15) is 5.82 Å². The summed E-state index contributed by atoms with van der Waals surface area (Å²) < 4.78 is 18.1. The van der Waals surface area contributed by atoms with Crippen LogP contribution in [0.2, 0.25) is 5.02 Å². The molecule has 1 N–H and O–H groups in total. The summed E-state index contributed by atoms with van der Waals surface area (Å²) in [6.45, 7) is 1.80. The monoisotopic (exact) mass is 287 g/mol. The molecule has 104 valence electrons. The van der Waals surface area contributed by atoms with Crippen molar-refractivity contribution in [1.82, 2.24) is 5.32 Å². The third-order valence-corrected chi connectivity index (χ3v) is 2.97. The number of esters is 1. The number of benzene rings is 1. The van der Waals surface area contributed by atoms with Crippen LogP contribution in [0.1, 0.15) is 30.1 Å². The van der Waals surface area contributed by atoms with Crippen LogP contribution in [-0.4, -0.2) is 25.0 Å². The highest BCUT2D eigenvalue weighted by molar-refractivity contribution is 6.33. The van der Waals surface area contributed by atoms with Crippen molar-refractivity contribution in [2.24, 2.45) is 0 Å². The van der Waals surface area contributed by atoms with Crippen LogP contribution in [-0.2, 0) is 9.53 Å². The normalized spacial score (nSPS) is 11.8. The average molecular weight is 288 g/mol. The van der Waals surface area contributed by atoms with Gasteiger partial charge in [0.25, 0.3) is 5.91 Å². The number of amides is 1. The average Bonchev–Trinajstić information content (AvgIpc) is 2.37. The minimum absolute atomic E-state index is 0.0326. The van der Waals surface area contributed by atoms with E-state index in [1.165, 1.54) is 19.2 Å². The van der Waals surface area contributed by atoms with Crippen molar-refractivity contribution in [2.75, 3.05) is 7.11 Å². The molecule has 19 heavy (non-hydrogen) atoms. The van der Waals surface area contributed by atoms with Crippen molar-refractivity contribution < 1.29 is 18.7 Å². The number of hydrogen-bond donors (Lipinski definition) is 1. The summed E-state index contributed by atoms with van der Waals surface area (Å²) in [6.07, 6.45) is 0.553. The van der Waals surface area contributed by atoms with Gasteiger partial charge in [-0.1, -0.05) is 24.6 Å². The van der Waals surface area contributed by atoms with Crippen LogP contribution in [0.5, 0.6) is 0 Å². The van der Waals surface area contributed by atoms with Crippen molar-refractivity contribution in [1.29, 1.82) is 0 Å². The number of methoxy groups -OCH3 is 1. The second kappa shape index (κ2) is 7.09. The Morgan fingerprint density at radius 3 is 2.68 bits per heavy atom. The van der Waals surface area contributed by atoms with Gasteiger partial charge in [-0.25, -0.2) is 4.39 Å². The first-order valence-electron chi connectivity index (χ1n) is 5.81. The van der Waals surface area contributed by atoms with E-state index in [2.05, 4.69) is 10.1 Å². The lowest BCUT2D eigenvalue weighted by Crippen LogP contribution is -2.36. The molecule has 0 radical (unpaired) electrons. The molecule has 0 saturated heterocycles. The van der Waals surface area contributed by atoms with Gasteiger partial charge in [0, 0.05) is 6.04 Å². The molecule has 0 spiro atoms. The first kappa shape index (κ1) is 15.4. The predicted molar refractivity (Wildman–Crippen MR) is 69.6 cm³/mol. The molecular weight excluding hydrogens is 273 g/mol. The van der Waals surface area contributed by atoms with E-state index < -0.39 is 23.7 Å². The Morgan fingerprint density at radius 2 is 2.16 bits per heavy atom. The number of nitrogens with one attached hydrogen (secondary N) is 1. The largest absolute Gasteiger partial charge is 0.469 e. The van der Waals surface area contributed by atoms with Crippen LogP contribution in [0, 0.1) is 5.82 Å².